The molecule has 7 heteroatoms. The Morgan fingerprint density at radius 2 is 1.74 bits per heavy atom. The molecule has 7 nitrogen and oxygen atoms in total. The normalized spacial score (nSPS) is 21.2. The van der Waals surface area contributed by atoms with Crippen LogP contribution in [0, 0.1) is 11.8 Å². The fraction of sp³-hybridized carbons (Fsp3) is 0.450. The van der Waals surface area contributed by atoms with Gasteiger partial charge >= 0.3 is 5.97 Å². The maximum atomic E-state index is 12.4. The fourth-order valence-corrected chi connectivity index (χ4v) is 3.59. The average Bonchev–Trinajstić information content (AvgIpc) is 2.94. The lowest BCUT2D eigenvalue weighted by atomic mass is 9.85. The van der Waals surface area contributed by atoms with Gasteiger partial charge in [-0.15, -0.1) is 0 Å². The van der Waals surface area contributed by atoms with Crippen molar-refractivity contribution >= 4 is 17.8 Å². The van der Waals surface area contributed by atoms with Crippen LogP contribution in [0.1, 0.15) is 24.8 Å². The van der Waals surface area contributed by atoms with Crippen molar-refractivity contribution in [1.82, 2.24) is 4.90 Å². The van der Waals surface area contributed by atoms with Gasteiger partial charge in [0.1, 0.15) is 6.61 Å². The Bertz CT molecular complexity index is 746. The Morgan fingerprint density at radius 1 is 1.07 bits per heavy atom. The Morgan fingerprint density at radius 3 is 2.33 bits per heavy atom. The number of ether oxygens (including phenoxy) is 3. The molecule has 0 unspecified atom stereocenters. The van der Waals surface area contributed by atoms with Gasteiger partial charge in [-0.2, -0.15) is 0 Å². The second kappa shape index (κ2) is 8.24. The Hall–Kier alpha value is -2.83. The molecule has 0 N–H and O–H groups in total. The van der Waals surface area contributed by atoms with Gasteiger partial charge in [0.25, 0.3) is 0 Å². The first kappa shape index (κ1) is 18.9. The number of fused-ring (bicyclic) bond motifs is 1. The number of hydrogen-bond donors (Lipinski definition) is 0. The Balaban J connectivity index is 1.54. The van der Waals surface area contributed by atoms with E-state index in [0.717, 1.165) is 0 Å². The van der Waals surface area contributed by atoms with Crippen molar-refractivity contribution in [1.29, 1.82) is 0 Å². The zero-order chi connectivity index (χ0) is 19.4. The predicted molar refractivity (Wildman–Crippen MR) is 96.0 cm³/mol. The quantitative estimate of drug-likeness (QED) is 0.414. The summed E-state index contributed by atoms with van der Waals surface area (Å²) in [5, 5.41) is 0. The summed E-state index contributed by atoms with van der Waals surface area (Å²) in [7, 11) is 3.05. The van der Waals surface area contributed by atoms with Crippen molar-refractivity contribution in [3.63, 3.8) is 0 Å². The van der Waals surface area contributed by atoms with Crippen LogP contribution in [0.4, 0.5) is 0 Å². The van der Waals surface area contributed by atoms with E-state index in [1.54, 1.807) is 18.2 Å². The Kier molecular flexibility index (Phi) is 5.78. The van der Waals surface area contributed by atoms with Crippen LogP contribution in [0.25, 0.3) is 0 Å². The number of nitrogens with zero attached hydrogens (tertiary/aromatic N) is 1. The van der Waals surface area contributed by atoms with Crippen LogP contribution in [0.2, 0.25) is 0 Å². The third kappa shape index (κ3) is 3.82. The number of amides is 2. The van der Waals surface area contributed by atoms with E-state index in [9.17, 15) is 14.4 Å². The number of para-hydroxylation sites is 1. The number of carbonyl (C=O) groups excluding carboxylic acids is 3. The minimum atomic E-state index is -0.478. The molecule has 1 aromatic carbocycles. The molecule has 0 spiro atoms. The number of imide groups is 1. The summed E-state index contributed by atoms with van der Waals surface area (Å²) < 4.78 is 15.8. The average molecular weight is 373 g/mol. The maximum Gasteiger partial charge on any atom is 0.307 e. The number of allylic oxidation sites excluding steroid dienone is 2. The van der Waals surface area contributed by atoms with Gasteiger partial charge < -0.3 is 14.2 Å². The topological polar surface area (TPSA) is 82.1 Å². The first-order chi connectivity index (χ1) is 13.1. The van der Waals surface area contributed by atoms with Crippen LogP contribution in [0.3, 0.4) is 0 Å². The number of esters is 1. The van der Waals surface area contributed by atoms with E-state index in [4.69, 9.17) is 14.2 Å². The third-order valence-electron chi connectivity index (χ3n) is 5.01. The van der Waals surface area contributed by atoms with E-state index >= 15 is 0 Å². The summed E-state index contributed by atoms with van der Waals surface area (Å²) in [6, 6.07) is 5.31. The number of benzene rings is 1. The molecule has 1 aliphatic carbocycles. The van der Waals surface area contributed by atoms with Crippen LogP contribution in [-0.4, -0.2) is 43.4 Å². The summed E-state index contributed by atoms with van der Waals surface area (Å²) in [5.41, 5.74) is 0.676. The molecule has 3 rings (SSSR count). The van der Waals surface area contributed by atoms with Gasteiger partial charge in [0.2, 0.25) is 11.8 Å². The summed E-state index contributed by atoms with van der Waals surface area (Å²) >= 11 is 0. The highest BCUT2D eigenvalue weighted by Gasteiger charge is 2.46. The molecule has 1 aliphatic heterocycles. The van der Waals surface area contributed by atoms with Crippen LogP contribution >= 0.6 is 0 Å². The highest BCUT2D eigenvalue weighted by atomic mass is 16.5. The number of hydrogen-bond acceptors (Lipinski definition) is 6. The molecule has 2 atom stereocenters. The molecule has 0 bridgehead atoms. The van der Waals surface area contributed by atoms with E-state index in [1.165, 1.54) is 19.1 Å². The van der Waals surface area contributed by atoms with Crippen molar-refractivity contribution < 1.29 is 28.6 Å². The van der Waals surface area contributed by atoms with Crippen LogP contribution in [0.15, 0.2) is 30.4 Å². The van der Waals surface area contributed by atoms with Gasteiger partial charge in [-0.3, -0.25) is 19.3 Å². The molecule has 1 heterocycles. The zero-order valence-electron chi connectivity index (χ0n) is 15.5. The molecule has 0 radical (unpaired) electrons. The smallest absolute Gasteiger partial charge is 0.307 e. The van der Waals surface area contributed by atoms with Gasteiger partial charge in [0.05, 0.1) is 32.5 Å². The van der Waals surface area contributed by atoms with Gasteiger partial charge in [-0.25, -0.2) is 0 Å². The number of methoxy groups -OCH3 is 2. The van der Waals surface area contributed by atoms with Crippen molar-refractivity contribution in [3.8, 4) is 11.5 Å². The van der Waals surface area contributed by atoms with Crippen LogP contribution in [0.5, 0.6) is 11.5 Å². The molecule has 27 heavy (non-hydrogen) atoms. The van der Waals surface area contributed by atoms with Crippen molar-refractivity contribution in [3.05, 3.63) is 35.9 Å². The van der Waals surface area contributed by atoms with Crippen LogP contribution in [-0.2, 0) is 25.7 Å². The molecule has 1 aromatic rings. The number of likely N-dealkylation sites (tertiary alicyclic amines) is 1. The molecule has 0 aromatic heterocycles. The van der Waals surface area contributed by atoms with E-state index in [2.05, 4.69) is 0 Å². The van der Waals surface area contributed by atoms with Gasteiger partial charge in [0, 0.05) is 12.1 Å². The summed E-state index contributed by atoms with van der Waals surface area (Å²) in [5.74, 6) is -0.342. The summed E-state index contributed by atoms with van der Waals surface area (Å²) in [6.45, 7) is 0.0784. The second-order valence-corrected chi connectivity index (χ2v) is 6.55. The first-order valence-electron chi connectivity index (χ1n) is 8.92. The lowest BCUT2D eigenvalue weighted by Gasteiger charge is -2.15. The van der Waals surface area contributed by atoms with E-state index in [0.29, 0.717) is 29.9 Å². The van der Waals surface area contributed by atoms with Gasteiger partial charge in [-0.05, 0) is 18.9 Å². The standard InChI is InChI=1S/C20H23NO6/c1-25-16-9-5-6-13(18(16)26-2)12-27-17(22)10-11-21-19(23)14-7-3-4-8-15(14)20(21)24/h3-6,9,14-15H,7-8,10-12H2,1-2H3/t14-,15-/m0/s1. The first-order valence-corrected chi connectivity index (χ1v) is 8.92. The Labute approximate surface area is 157 Å². The summed E-state index contributed by atoms with van der Waals surface area (Å²) in [6.07, 6.45) is 5.02. The monoisotopic (exact) mass is 373 g/mol. The molecular formula is C20H23NO6. The zero-order valence-corrected chi connectivity index (χ0v) is 15.5. The molecule has 144 valence electrons. The predicted octanol–water partition coefficient (Wildman–Crippen LogP) is 2.09. The van der Waals surface area contributed by atoms with Crippen LogP contribution < -0.4 is 9.47 Å². The maximum absolute atomic E-state index is 12.4. The number of rotatable bonds is 7. The fourth-order valence-electron chi connectivity index (χ4n) is 3.59. The second-order valence-electron chi connectivity index (χ2n) is 6.55. The van der Waals surface area contributed by atoms with Gasteiger partial charge in [-0.1, -0.05) is 24.3 Å². The van der Waals surface area contributed by atoms with E-state index in [1.807, 2.05) is 12.2 Å². The SMILES string of the molecule is COc1cccc(COC(=O)CCN2C(=O)[C@H]3CC=CC[C@@H]3C2=O)c1OC. The largest absolute Gasteiger partial charge is 0.493 e. The lowest BCUT2D eigenvalue weighted by Crippen LogP contribution is -2.33. The number of carbonyl (C=O) groups is 3. The molecule has 1 fully saturated rings. The van der Waals surface area contributed by atoms with Crippen molar-refractivity contribution in [2.75, 3.05) is 20.8 Å². The highest BCUT2D eigenvalue weighted by Crippen LogP contribution is 2.35. The minimum absolute atomic E-state index is 0.0241. The van der Waals surface area contributed by atoms with E-state index in [-0.39, 0.29) is 43.2 Å². The highest BCUT2D eigenvalue weighted by molar-refractivity contribution is 6.05. The lowest BCUT2D eigenvalue weighted by molar-refractivity contribution is -0.146. The van der Waals surface area contributed by atoms with Crippen molar-refractivity contribution in [2.45, 2.75) is 25.9 Å². The molecule has 2 amide bonds. The summed E-state index contributed by atoms with van der Waals surface area (Å²) in [4.78, 5) is 38.1. The molecule has 2 aliphatic rings. The minimum Gasteiger partial charge on any atom is -0.493 e. The third-order valence-corrected chi connectivity index (χ3v) is 5.01. The van der Waals surface area contributed by atoms with Crippen molar-refractivity contribution in [2.24, 2.45) is 11.8 Å². The van der Waals surface area contributed by atoms with Gasteiger partial charge in [0.15, 0.2) is 11.5 Å². The molecular weight excluding hydrogens is 350 g/mol. The molecule has 0 saturated carbocycles. The van der Waals surface area contributed by atoms with E-state index < -0.39 is 5.97 Å². The molecule has 1 saturated heterocycles.